The number of ether oxygens (including phenoxy) is 1. The molecule has 148 valence electrons. The number of anilines is 1. The SMILES string of the molecule is Cc1nc(C)c(C(=O)N2CCc3ncc(NC(=O)C4CCOCC4)cc3C2)s1. The maximum absolute atomic E-state index is 12.9. The van der Waals surface area contributed by atoms with Gasteiger partial charge in [-0.1, -0.05) is 0 Å². The Balaban J connectivity index is 1.47. The Morgan fingerprint density at radius 3 is 2.79 bits per heavy atom. The number of hydrogen-bond donors (Lipinski definition) is 1. The van der Waals surface area contributed by atoms with Crippen LogP contribution in [0.5, 0.6) is 0 Å². The number of aromatic nitrogens is 2. The van der Waals surface area contributed by atoms with Crippen molar-refractivity contribution < 1.29 is 14.3 Å². The smallest absolute Gasteiger partial charge is 0.266 e. The highest BCUT2D eigenvalue weighted by Crippen LogP contribution is 2.25. The number of carbonyl (C=O) groups is 2. The van der Waals surface area contributed by atoms with Crippen molar-refractivity contribution in [2.24, 2.45) is 5.92 Å². The third-order valence-corrected chi connectivity index (χ3v) is 6.35. The van der Waals surface area contributed by atoms with E-state index in [1.54, 1.807) is 6.20 Å². The molecule has 0 saturated carbocycles. The molecule has 0 atom stereocenters. The van der Waals surface area contributed by atoms with Gasteiger partial charge in [-0.25, -0.2) is 4.98 Å². The Labute approximate surface area is 168 Å². The van der Waals surface area contributed by atoms with Crippen molar-refractivity contribution in [1.82, 2.24) is 14.9 Å². The lowest BCUT2D eigenvalue weighted by Gasteiger charge is -2.28. The summed E-state index contributed by atoms with van der Waals surface area (Å²) >= 11 is 1.44. The third kappa shape index (κ3) is 3.93. The molecule has 2 aromatic heterocycles. The van der Waals surface area contributed by atoms with Gasteiger partial charge in [-0.2, -0.15) is 0 Å². The van der Waals surface area contributed by atoms with Crippen molar-refractivity contribution in [3.05, 3.63) is 39.1 Å². The van der Waals surface area contributed by atoms with Gasteiger partial charge in [0.25, 0.3) is 5.91 Å². The summed E-state index contributed by atoms with van der Waals surface area (Å²) in [5, 5.41) is 3.88. The van der Waals surface area contributed by atoms with Crippen LogP contribution in [0.25, 0.3) is 0 Å². The number of aryl methyl sites for hydroxylation is 2. The molecule has 2 aliphatic heterocycles. The summed E-state index contributed by atoms with van der Waals surface area (Å²) in [6, 6.07) is 1.95. The average Bonchev–Trinajstić information content (AvgIpc) is 3.05. The van der Waals surface area contributed by atoms with Crippen molar-refractivity contribution in [1.29, 1.82) is 0 Å². The highest BCUT2D eigenvalue weighted by atomic mass is 32.1. The fraction of sp³-hybridized carbons (Fsp3) is 0.500. The molecule has 0 bridgehead atoms. The molecule has 4 heterocycles. The zero-order valence-corrected chi connectivity index (χ0v) is 17.0. The van der Waals surface area contributed by atoms with Crippen LogP contribution in [0, 0.1) is 19.8 Å². The van der Waals surface area contributed by atoms with Crippen LogP contribution >= 0.6 is 11.3 Å². The van der Waals surface area contributed by atoms with E-state index >= 15 is 0 Å². The lowest BCUT2D eigenvalue weighted by atomic mass is 9.99. The molecule has 2 aromatic rings. The number of hydrogen-bond acceptors (Lipinski definition) is 6. The van der Waals surface area contributed by atoms with Crippen LogP contribution in [0.15, 0.2) is 12.3 Å². The monoisotopic (exact) mass is 400 g/mol. The number of pyridine rings is 1. The summed E-state index contributed by atoms with van der Waals surface area (Å²) in [7, 11) is 0. The van der Waals surface area contributed by atoms with Crippen LogP contribution < -0.4 is 5.32 Å². The van der Waals surface area contributed by atoms with E-state index in [-0.39, 0.29) is 17.7 Å². The number of carbonyl (C=O) groups excluding carboxylic acids is 2. The van der Waals surface area contributed by atoms with Gasteiger partial charge in [-0.3, -0.25) is 14.6 Å². The molecular weight excluding hydrogens is 376 g/mol. The zero-order valence-electron chi connectivity index (χ0n) is 16.2. The zero-order chi connectivity index (χ0) is 19.7. The number of nitrogens with zero attached hydrogens (tertiary/aromatic N) is 3. The second-order valence-corrected chi connectivity index (χ2v) is 8.53. The predicted octanol–water partition coefficient (Wildman–Crippen LogP) is 2.72. The van der Waals surface area contributed by atoms with E-state index < -0.39 is 0 Å². The van der Waals surface area contributed by atoms with Gasteiger partial charge >= 0.3 is 0 Å². The van der Waals surface area contributed by atoms with Crippen molar-refractivity contribution in [2.45, 2.75) is 39.7 Å². The minimum Gasteiger partial charge on any atom is -0.381 e. The van der Waals surface area contributed by atoms with E-state index in [0.717, 1.165) is 34.8 Å². The van der Waals surface area contributed by atoms with E-state index in [9.17, 15) is 9.59 Å². The molecule has 0 aliphatic carbocycles. The number of rotatable bonds is 3. The predicted molar refractivity (Wildman–Crippen MR) is 106 cm³/mol. The summed E-state index contributed by atoms with van der Waals surface area (Å²) in [4.78, 5) is 36.8. The number of fused-ring (bicyclic) bond motifs is 1. The molecule has 8 heteroatoms. The largest absolute Gasteiger partial charge is 0.381 e. The lowest BCUT2D eigenvalue weighted by molar-refractivity contribution is -0.122. The molecule has 0 unspecified atom stereocenters. The highest BCUT2D eigenvalue weighted by molar-refractivity contribution is 7.13. The van der Waals surface area contributed by atoms with Gasteiger partial charge < -0.3 is 15.0 Å². The van der Waals surface area contributed by atoms with E-state index in [4.69, 9.17) is 4.74 Å². The van der Waals surface area contributed by atoms with Crippen LogP contribution in [0.4, 0.5) is 5.69 Å². The summed E-state index contributed by atoms with van der Waals surface area (Å²) in [6.45, 7) is 6.20. The molecule has 0 radical (unpaired) electrons. The first-order chi connectivity index (χ1) is 13.5. The fourth-order valence-electron chi connectivity index (χ4n) is 3.75. The van der Waals surface area contributed by atoms with Gasteiger partial charge in [0.05, 0.1) is 22.6 Å². The van der Waals surface area contributed by atoms with Gasteiger partial charge in [0.15, 0.2) is 0 Å². The topological polar surface area (TPSA) is 84.4 Å². The van der Waals surface area contributed by atoms with Gasteiger partial charge in [-0.15, -0.1) is 11.3 Å². The maximum Gasteiger partial charge on any atom is 0.266 e. The number of nitrogens with one attached hydrogen (secondary N) is 1. The van der Waals surface area contributed by atoms with Gasteiger partial charge in [0.2, 0.25) is 5.91 Å². The maximum atomic E-state index is 12.9. The minimum absolute atomic E-state index is 0.0135. The Morgan fingerprint density at radius 1 is 1.29 bits per heavy atom. The van der Waals surface area contributed by atoms with Crippen LogP contribution in [0.3, 0.4) is 0 Å². The molecular formula is C20H24N4O3S. The first-order valence-electron chi connectivity index (χ1n) is 9.61. The van der Waals surface area contributed by atoms with Crippen molar-refractivity contribution in [3.63, 3.8) is 0 Å². The molecule has 1 saturated heterocycles. The number of thiazole rings is 1. The molecule has 28 heavy (non-hydrogen) atoms. The first-order valence-corrected chi connectivity index (χ1v) is 10.4. The van der Waals surface area contributed by atoms with Gasteiger partial charge in [-0.05, 0) is 38.3 Å². The van der Waals surface area contributed by atoms with E-state index in [1.165, 1.54) is 11.3 Å². The Kier molecular flexibility index (Phi) is 5.41. The second-order valence-electron chi connectivity index (χ2n) is 7.33. The van der Waals surface area contributed by atoms with Crippen molar-refractivity contribution in [3.8, 4) is 0 Å². The standard InChI is InChI=1S/C20H24N4O3S/c1-12-18(28-13(2)22-12)20(26)24-6-3-17-15(11-24)9-16(10-21-17)23-19(25)14-4-7-27-8-5-14/h9-10,14H,3-8,11H2,1-2H3,(H,23,25). The van der Waals surface area contributed by atoms with Crippen LogP contribution in [0.2, 0.25) is 0 Å². The molecule has 1 N–H and O–H groups in total. The van der Waals surface area contributed by atoms with E-state index in [0.29, 0.717) is 43.3 Å². The summed E-state index contributed by atoms with van der Waals surface area (Å²) in [6.07, 6.45) is 3.93. The highest BCUT2D eigenvalue weighted by Gasteiger charge is 2.26. The Hall–Kier alpha value is -2.32. The molecule has 7 nitrogen and oxygen atoms in total. The molecule has 1 fully saturated rings. The normalized spacial score (nSPS) is 17.3. The lowest BCUT2D eigenvalue weighted by Crippen LogP contribution is -2.36. The van der Waals surface area contributed by atoms with Crippen LogP contribution in [-0.4, -0.2) is 46.4 Å². The van der Waals surface area contributed by atoms with Gasteiger partial charge in [0, 0.05) is 44.3 Å². The molecule has 0 spiro atoms. The van der Waals surface area contributed by atoms with E-state index in [2.05, 4.69) is 15.3 Å². The molecule has 2 aliphatic rings. The molecule has 2 amide bonds. The first kappa shape index (κ1) is 19.0. The summed E-state index contributed by atoms with van der Waals surface area (Å²) < 4.78 is 5.32. The van der Waals surface area contributed by atoms with E-state index in [1.807, 2.05) is 24.8 Å². The van der Waals surface area contributed by atoms with Crippen molar-refractivity contribution in [2.75, 3.05) is 25.1 Å². The van der Waals surface area contributed by atoms with Crippen LogP contribution in [-0.2, 0) is 22.5 Å². The summed E-state index contributed by atoms with van der Waals surface area (Å²) in [5.74, 6) is 0.0235. The van der Waals surface area contributed by atoms with Crippen LogP contribution in [0.1, 0.15) is 44.5 Å². The number of amides is 2. The Bertz CT molecular complexity index is 905. The minimum atomic E-state index is -0.0135. The summed E-state index contributed by atoms with van der Waals surface area (Å²) in [5.41, 5.74) is 3.46. The molecule has 4 rings (SSSR count). The average molecular weight is 401 g/mol. The van der Waals surface area contributed by atoms with Crippen molar-refractivity contribution >= 4 is 28.8 Å². The molecule has 0 aromatic carbocycles. The second kappa shape index (κ2) is 7.97. The fourth-order valence-corrected chi connectivity index (χ4v) is 4.63. The Morgan fingerprint density at radius 2 is 2.07 bits per heavy atom. The quantitative estimate of drug-likeness (QED) is 0.856. The third-order valence-electron chi connectivity index (χ3n) is 5.28. The van der Waals surface area contributed by atoms with Gasteiger partial charge in [0.1, 0.15) is 4.88 Å².